The van der Waals surface area contributed by atoms with Crippen LogP contribution >= 0.6 is 23.1 Å². The van der Waals surface area contributed by atoms with Gasteiger partial charge in [0.1, 0.15) is 0 Å². The lowest BCUT2D eigenvalue weighted by Crippen LogP contribution is -2.14. The van der Waals surface area contributed by atoms with Crippen LogP contribution in [0.25, 0.3) is 10.2 Å². The third kappa shape index (κ3) is 3.59. The van der Waals surface area contributed by atoms with E-state index < -0.39 is 0 Å². The zero-order valence-electron chi connectivity index (χ0n) is 11.2. The largest absolute Gasteiger partial charge is 0.230 e. The van der Waals surface area contributed by atoms with Gasteiger partial charge in [-0.3, -0.25) is 0 Å². The molecule has 0 saturated heterocycles. The third-order valence-corrected chi connectivity index (χ3v) is 5.34. The highest BCUT2D eigenvalue weighted by Gasteiger charge is 2.19. The van der Waals surface area contributed by atoms with Crippen LogP contribution in [-0.4, -0.2) is 10.7 Å². The van der Waals surface area contributed by atoms with Crippen molar-refractivity contribution in [2.45, 2.75) is 31.5 Å². The predicted octanol–water partition coefficient (Wildman–Crippen LogP) is 5.38. The van der Waals surface area contributed by atoms with Gasteiger partial charge in [-0.15, -0.1) is 17.9 Å². The number of hydrogen-bond donors (Lipinski definition) is 0. The fraction of sp³-hybridized carbons (Fsp3) is 0.400. The van der Waals surface area contributed by atoms with Gasteiger partial charge in [0.15, 0.2) is 4.34 Å². The van der Waals surface area contributed by atoms with E-state index in [0.29, 0.717) is 0 Å². The highest BCUT2D eigenvalue weighted by molar-refractivity contribution is 8.01. The van der Waals surface area contributed by atoms with Gasteiger partial charge < -0.3 is 0 Å². The number of benzene rings is 1. The van der Waals surface area contributed by atoms with E-state index in [4.69, 9.17) is 0 Å². The van der Waals surface area contributed by atoms with Gasteiger partial charge in [-0.25, -0.2) is 4.98 Å². The average Bonchev–Trinajstić information content (AvgIpc) is 2.67. The van der Waals surface area contributed by atoms with Gasteiger partial charge in [0, 0.05) is 5.75 Å². The SMILES string of the molecule is C=C(C)CC(C)(C)CSc1nc2ccccc2s1. The zero-order chi connectivity index (χ0) is 13.2. The fourth-order valence-electron chi connectivity index (χ4n) is 2.04. The van der Waals surface area contributed by atoms with E-state index in [0.717, 1.165) is 17.7 Å². The first-order valence-corrected chi connectivity index (χ1v) is 7.89. The number of hydrogen-bond acceptors (Lipinski definition) is 3. The summed E-state index contributed by atoms with van der Waals surface area (Å²) in [5, 5.41) is 0. The zero-order valence-corrected chi connectivity index (χ0v) is 12.8. The molecule has 0 aliphatic carbocycles. The molecule has 0 spiro atoms. The first-order chi connectivity index (χ1) is 8.46. The van der Waals surface area contributed by atoms with Crippen LogP contribution in [0.1, 0.15) is 27.2 Å². The van der Waals surface area contributed by atoms with Crippen molar-refractivity contribution >= 4 is 33.3 Å². The van der Waals surface area contributed by atoms with Crippen molar-refractivity contribution in [2.75, 3.05) is 5.75 Å². The van der Waals surface area contributed by atoms with Gasteiger partial charge in [-0.1, -0.05) is 43.3 Å². The standard InChI is InChI=1S/C15H19NS2/c1-11(2)9-15(3,4)10-17-14-16-12-7-5-6-8-13(12)18-14/h5-8H,1,9-10H2,2-4H3. The molecule has 1 heterocycles. The summed E-state index contributed by atoms with van der Waals surface area (Å²) in [6, 6.07) is 8.33. The summed E-state index contributed by atoms with van der Waals surface area (Å²) < 4.78 is 2.45. The van der Waals surface area contributed by atoms with Crippen LogP contribution in [0.15, 0.2) is 40.8 Å². The average molecular weight is 277 g/mol. The van der Waals surface area contributed by atoms with Crippen LogP contribution in [0, 0.1) is 5.41 Å². The van der Waals surface area contributed by atoms with Crippen LogP contribution in [0.4, 0.5) is 0 Å². The van der Waals surface area contributed by atoms with Gasteiger partial charge in [-0.05, 0) is 30.9 Å². The van der Waals surface area contributed by atoms with Gasteiger partial charge >= 0.3 is 0 Å². The van der Waals surface area contributed by atoms with E-state index in [2.05, 4.69) is 50.5 Å². The van der Waals surface area contributed by atoms with E-state index in [1.807, 2.05) is 17.8 Å². The van der Waals surface area contributed by atoms with E-state index in [1.165, 1.54) is 14.6 Å². The Morgan fingerprint density at radius 1 is 1.39 bits per heavy atom. The molecule has 1 nitrogen and oxygen atoms in total. The van der Waals surface area contributed by atoms with Gasteiger partial charge in [0.05, 0.1) is 10.2 Å². The summed E-state index contributed by atoms with van der Waals surface area (Å²) in [5.41, 5.74) is 2.65. The number of thioether (sulfide) groups is 1. The Hall–Kier alpha value is -0.800. The molecule has 0 amide bonds. The van der Waals surface area contributed by atoms with Crippen molar-refractivity contribution in [3.63, 3.8) is 0 Å². The van der Waals surface area contributed by atoms with Crippen molar-refractivity contribution in [1.82, 2.24) is 4.98 Å². The molecule has 0 unspecified atom stereocenters. The molecule has 1 aromatic carbocycles. The highest BCUT2D eigenvalue weighted by atomic mass is 32.2. The summed E-state index contributed by atoms with van der Waals surface area (Å²) in [7, 11) is 0. The molecule has 2 rings (SSSR count). The fourth-order valence-corrected chi connectivity index (χ4v) is 4.20. The van der Waals surface area contributed by atoms with E-state index in [9.17, 15) is 0 Å². The number of fused-ring (bicyclic) bond motifs is 1. The number of rotatable bonds is 5. The molecule has 0 bridgehead atoms. The van der Waals surface area contributed by atoms with Crippen LogP contribution in [0.5, 0.6) is 0 Å². The Balaban J connectivity index is 2.03. The molecule has 18 heavy (non-hydrogen) atoms. The van der Waals surface area contributed by atoms with Crippen LogP contribution in [0.2, 0.25) is 0 Å². The number of para-hydroxylation sites is 1. The molecule has 1 aromatic heterocycles. The van der Waals surface area contributed by atoms with Crippen LogP contribution in [-0.2, 0) is 0 Å². The molecule has 0 aliphatic rings. The third-order valence-electron chi connectivity index (χ3n) is 2.64. The summed E-state index contributed by atoms with van der Waals surface area (Å²) in [4.78, 5) is 4.65. The minimum Gasteiger partial charge on any atom is -0.230 e. The molecular formula is C15H19NS2. The lowest BCUT2D eigenvalue weighted by Gasteiger charge is -2.23. The van der Waals surface area contributed by atoms with Crippen molar-refractivity contribution in [3.8, 4) is 0 Å². The molecule has 0 radical (unpaired) electrons. The molecule has 2 aromatic rings. The maximum absolute atomic E-state index is 4.65. The topological polar surface area (TPSA) is 12.9 Å². The van der Waals surface area contributed by atoms with Gasteiger partial charge in [0.2, 0.25) is 0 Å². The molecule has 0 atom stereocenters. The first-order valence-electron chi connectivity index (χ1n) is 6.09. The molecule has 0 saturated carbocycles. The second kappa shape index (κ2) is 5.45. The summed E-state index contributed by atoms with van der Waals surface area (Å²) in [5.74, 6) is 1.08. The molecule has 3 heteroatoms. The summed E-state index contributed by atoms with van der Waals surface area (Å²) in [6.45, 7) is 10.7. The maximum atomic E-state index is 4.65. The smallest absolute Gasteiger partial charge is 0.151 e. The predicted molar refractivity (Wildman–Crippen MR) is 83.6 cm³/mol. The Kier molecular flexibility index (Phi) is 4.13. The Bertz CT molecular complexity index is 521. The summed E-state index contributed by atoms with van der Waals surface area (Å²) in [6.07, 6.45) is 1.07. The number of aromatic nitrogens is 1. The normalized spacial score (nSPS) is 11.9. The minimum absolute atomic E-state index is 0.286. The number of thiazole rings is 1. The van der Waals surface area contributed by atoms with Gasteiger partial charge in [-0.2, -0.15) is 0 Å². The van der Waals surface area contributed by atoms with Crippen molar-refractivity contribution in [1.29, 1.82) is 0 Å². The summed E-state index contributed by atoms with van der Waals surface area (Å²) >= 11 is 3.65. The van der Waals surface area contributed by atoms with Crippen LogP contribution in [0.3, 0.4) is 0 Å². The van der Waals surface area contributed by atoms with Crippen molar-refractivity contribution < 1.29 is 0 Å². The molecule has 0 aliphatic heterocycles. The number of nitrogens with zero attached hydrogens (tertiary/aromatic N) is 1. The van der Waals surface area contributed by atoms with E-state index >= 15 is 0 Å². The van der Waals surface area contributed by atoms with Gasteiger partial charge in [0.25, 0.3) is 0 Å². The number of allylic oxidation sites excluding steroid dienone is 1. The van der Waals surface area contributed by atoms with E-state index in [1.54, 1.807) is 11.3 Å². The first kappa shape index (κ1) is 13.6. The molecule has 0 fully saturated rings. The monoisotopic (exact) mass is 277 g/mol. The second-order valence-corrected chi connectivity index (χ2v) is 7.79. The van der Waals surface area contributed by atoms with E-state index in [-0.39, 0.29) is 5.41 Å². The molecule has 0 N–H and O–H groups in total. The Labute approximate surface area is 117 Å². The lowest BCUT2D eigenvalue weighted by molar-refractivity contribution is 0.420. The molecular weight excluding hydrogens is 258 g/mol. The van der Waals surface area contributed by atoms with Crippen molar-refractivity contribution in [3.05, 3.63) is 36.4 Å². The minimum atomic E-state index is 0.286. The maximum Gasteiger partial charge on any atom is 0.151 e. The highest BCUT2D eigenvalue weighted by Crippen LogP contribution is 2.35. The van der Waals surface area contributed by atoms with Crippen molar-refractivity contribution in [2.24, 2.45) is 5.41 Å². The molecule has 96 valence electrons. The quantitative estimate of drug-likeness (QED) is 0.537. The lowest BCUT2D eigenvalue weighted by atomic mass is 9.89. The Morgan fingerprint density at radius 2 is 2.11 bits per heavy atom. The van der Waals surface area contributed by atoms with Crippen LogP contribution < -0.4 is 0 Å². The Morgan fingerprint density at radius 3 is 2.78 bits per heavy atom. The second-order valence-electron chi connectivity index (χ2n) is 5.53.